The molecule has 2 aliphatic rings. The van der Waals surface area contributed by atoms with Crippen molar-refractivity contribution in [1.82, 2.24) is 9.80 Å². The number of hydrogen-bond donors (Lipinski definition) is 1. The van der Waals surface area contributed by atoms with Crippen LogP contribution in [-0.2, 0) is 0 Å². The van der Waals surface area contributed by atoms with Gasteiger partial charge in [-0.05, 0) is 30.7 Å². The Labute approximate surface area is 156 Å². The van der Waals surface area contributed by atoms with E-state index in [4.69, 9.17) is 17.3 Å². The number of nitrogens with zero attached hydrogens (tertiary/aromatic N) is 4. The van der Waals surface area contributed by atoms with Crippen LogP contribution in [-0.4, -0.2) is 73.8 Å². The molecule has 0 amide bonds. The number of likely N-dealkylation sites (tertiary alicyclic amines) is 1. The van der Waals surface area contributed by atoms with Crippen LogP contribution in [0.1, 0.15) is 6.42 Å². The predicted octanol–water partition coefficient (Wildman–Crippen LogP) is 2.41. The van der Waals surface area contributed by atoms with Crippen molar-refractivity contribution in [1.29, 1.82) is 0 Å². The third-order valence-corrected chi connectivity index (χ3v) is 5.01. The van der Waals surface area contributed by atoms with Gasteiger partial charge in [-0.25, -0.2) is 4.99 Å². The molecule has 0 saturated carbocycles. The fraction of sp³-hybridized carbons (Fsp3) is 0.588. The maximum atomic E-state index is 12.5. The first-order chi connectivity index (χ1) is 12.3. The molecule has 0 spiro atoms. The van der Waals surface area contributed by atoms with Gasteiger partial charge in [0.15, 0.2) is 5.96 Å². The SMILES string of the molecule is NC(=NC1CCN(CC(F)(F)F)C1)N1CCN(c2ccc(Cl)cc2)CC1. The van der Waals surface area contributed by atoms with Gasteiger partial charge in [0.05, 0.1) is 12.6 Å². The molecule has 1 unspecified atom stereocenters. The van der Waals surface area contributed by atoms with E-state index in [9.17, 15) is 13.2 Å². The predicted molar refractivity (Wildman–Crippen MR) is 97.8 cm³/mol. The second-order valence-corrected chi connectivity index (χ2v) is 7.17. The zero-order chi connectivity index (χ0) is 18.7. The minimum absolute atomic E-state index is 0.161. The molecule has 2 fully saturated rings. The number of anilines is 1. The summed E-state index contributed by atoms with van der Waals surface area (Å²) in [6, 6.07) is 7.55. The summed E-state index contributed by atoms with van der Waals surface area (Å²) >= 11 is 5.92. The van der Waals surface area contributed by atoms with Crippen molar-refractivity contribution in [3.8, 4) is 0 Å². The fourth-order valence-corrected chi connectivity index (χ4v) is 3.56. The molecular weight excluding hydrogens is 367 g/mol. The summed E-state index contributed by atoms with van der Waals surface area (Å²) in [6.07, 6.45) is -3.55. The number of hydrogen-bond acceptors (Lipinski definition) is 3. The molecule has 2 N–H and O–H groups in total. The lowest BCUT2D eigenvalue weighted by molar-refractivity contribution is -0.143. The van der Waals surface area contributed by atoms with Crippen LogP contribution in [0, 0.1) is 0 Å². The first-order valence-electron chi connectivity index (χ1n) is 8.68. The van der Waals surface area contributed by atoms with Crippen molar-refractivity contribution in [2.45, 2.75) is 18.6 Å². The normalized spacial score (nSPS) is 22.9. The molecule has 5 nitrogen and oxygen atoms in total. The Balaban J connectivity index is 1.50. The molecule has 0 aromatic heterocycles. The molecule has 2 heterocycles. The second-order valence-electron chi connectivity index (χ2n) is 6.73. The first kappa shape index (κ1) is 19.1. The van der Waals surface area contributed by atoms with Gasteiger partial charge in [0.2, 0.25) is 0 Å². The molecule has 1 aromatic carbocycles. The topological polar surface area (TPSA) is 48.1 Å². The minimum Gasteiger partial charge on any atom is -0.370 e. The van der Waals surface area contributed by atoms with E-state index in [0.717, 1.165) is 31.9 Å². The number of nitrogens with two attached hydrogens (primary N) is 1. The average Bonchev–Trinajstić information content (AvgIpc) is 3.00. The average molecular weight is 390 g/mol. The van der Waals surface area contributed by atoms with Crippen LogP contribution in [0.3, 0.4) is 0 Å². The van der Waals surface area contributed by atoms with E-state index in [0.29, 0.717) is 30.5 Å². The van der Waals surface area contributed by atoms with Crippen LogP contribution < -0.4 is 10.6 Å². The maximum Gasteiger partial charge on any atom is 0.401 e. The number of guanidine groups is 1. The summed E-state index contributed by atoms with van der Waals surface area (Å²) in [7, 11) is 0. The molecule has 1 atom stereocenters. The zero-order valence-corrected chi connectivity index (χ0v) is 15.2. The summed E-state index contributed by atoms with van der Waals surface area (Å²) in [6.45, 7) is 2.92. The van der Waals surface area contributed by atoms with Crippen molar-refractivity contribution >= 4 is 23.2 Å². The van der Waals surface area contributed by atoms with Crippen molar-refractivity contribution < 1.29 is 13.2 Å². The molecule has 9 heteroatoms. The number of aliphatic imine (C=N–C) groups is 1. The maximum absolute atomic E-state index is 12.5. The van der Waals surface area contributed by atoms with Gasteiger partial charge in [0.25, 0.3) is 0 Å². The largest absolute Gasteiger partial charge is 0.401 e. The van der Waals surface area contributed by atoms with Gasteiger partial charge in [-0.1, -0.05) is 11.6 Å². The Kier molecular flexibility index (Phi) is 5.82. The Bertz CT molecular complexity index is 626. The van der Waals surface area contributed by atoms with E-state index in [-0.39, 0.29) is 6.04 Å². The van der Waals surface area contributed by atoms with Gasteiger partial charge in [-0.2, -0.15) is 13.2 Å². The summed E-state index contributed by atoms with van der Waals surface area (Å²) in [4.78, 5) is 10.1. The van der Waals surface area contributed by atoms with Gasteiger partial charge < -0.3 is 15.5 Å². The lowest BCUT2D eigenvalue weighted by Gasteiger charge is -2.36. The molecular formula is C17H23ClF3N5. The highest BCUT2D eigenvalue weighted by Crippen LogP contribution is 2.22. The van der Waals surface area contributed by atoms with E-state index >= 15 is 0 Å². The first-order valence-corrected chi connectivity index (χ1v) is 9.06. The highest BCUT2D eigenvalue weighted by atomic mass is 35.5. The summed E-state index contributed by atoms with van der Waals surface area (Å²) in [5.74, 6) is 0.430. The standard InChI is InChI=1S/C17H23ClF3N5/c18-13-1-3-15(4-2-13)25-7-9-26(10-8-25)16(22)23-14-5-6-24(11-14)12-17(19,20)21/h1-4,14H,5-12H2,(H2,22,23). The van der Waals surface area contributed by atoms with Gasteiger partial charge in [-0.15, -0.1) is 0 Å². The van der Waals surface area contributed by atoms with Crippen LogP contribution in [0.4, 0.5) is 18.9 Å². The van der Waals surface area contributed by atoms with E-state index in [2.05, 4.69) is 9.89 Å². The molecule has 0 bridgehead atoms. The molecule has 3 rings (SSSR count). The molecule has 2 saturated heterocycles. The number of halogens is 4. The summed E-state index contributed by atoms with van der Waals surface area (Å²) in [5.41, 5.74) is 7.22. The van der Waals surface area contributed by atoms with Gasteiger partial charge >= 0.3 is 6.18 Å². The third-order valence-electron chi connectivity index (χ3n) is 4.76. The second kappa shape index (κ2) is 7.92. The fourth-order valence-electron chi connectivity index (χ4n) is 3.43. The van der Waals surface area contributed by atoms with Crippen molar-refractivity contribution in [2.75, 3.05) is 50.7 Å². The molecule has 0 aliphatic carbocycles. The number of rotatable bonds is 3. The Morgan fingerprint density at radius 1 is 1.12 bits per heavy atom. The monoisotopic (exact) mass is 389 g/mol. The molecule has 0 radical (unpaired) electrons. The van der Waals surface area contributed by atoms with Gasteiger partial charge in [0, 0.05) is 50.0 Å². The lowest BCUT2D eigenvalue weighted by Crippen LogP contribution is -2.51. The zero-order valence-electron chi connectivity index (χ0n) is 14.4. The van der Waals surface area contributed by atoms with E-state index in [1.54, 1.807) is 0 Å². The van der Waals surface area contributed by atoms with E-state index in [1.165, 1.54) is 4.90 Å². The number of alkyl halides is 3. The third kappa shape index (κ3) is 5.17. The van der Waals surface area contributed by atoms with Crippen LogP contribution in [0.5, 0.6) is 0 Å². The summed E-state index contributed by atoms with van der Waals surface area (Å²) < 4.78 is 37.4. The molecule has 1 aromatic rings. The highest BCUT2D eigenvalue weighted by Gasteiger charge is 2.34. The van der Waals surface area contributed by atoms with Crippen LogP contribution in [0.2, 0.25) is 5.02 Å². The minimum atomic E-state index is -4.16. The van der Waals surface area contributed by atoms with Crippen LogP contribution in [0.25, 0.3) is 0 Å². The molecule has 2 aliphatic heterocycles. The van der Waals surface area contributed by atoms with Crippen molar-refractivity contribution in [3.63, 3.8) is 0 Å². The Hall–Kier alpha value is -1.67. The van der Waals surface area contributed by atoms with Crippen molar-refractivity contribution in [3.05, 3.63) is 29.3 Å². The van der Waals surface area contributed by atoms with Crippen LogP contribution >= 0.6 is 11.6 Å². The molecule has 144 valence electrons. The lowest BCUT2D eigenvalue weighted by atomic mass is 10.2. The smallest absolute Gasteiger partial charge is 0.370 e. The van der Waals surface area contributed by atoms with E-state index in [1.807, 2.05) is 29.2 Å². The highest BCUT2D eigenvalue weighted by molar-refractivity contribution is 6.30. The quantitative estimate of drug-likeness (QED) is 0.637. The number of piperazine rings is 1. The van der Waals surface area contributed by atoms with Crippen molar-refractivity contribution in [2.24, 2.45) is 10.7 Å². The Morgan fingerprint density at radius 3 is 2.38 bits per heavy atom. The summed E-state index contributed by atoms with van der Waals surface area (Å²) in [5, 5.41) is 0.708. The van der Waals surface area contributed by atoms with Gasteiger partial charge in [-0.3, -0.25) is 4.90 Å². The van der Waals surface area contributed by atoms with Crippen LogP contribution in [0.15, 0.2) is 29.3 Å². The Morgan fingerprint density at radius 2 is 1.77 bits per heavy atom. The van der Waals surface area contributed by atoms with Gasteiger partial charge in [0.1, 0.15) is 0 Å². The molecule has 26 heavy (non-hydrogen) atoms. The number of benzene rings is 1. The van der Waals surface area contributed by atoms with E-state index < -0.39 is 12.7 Å².